The van der Waals surface area contributed by atoms with E-state index in [1.54, 1.807) is 0 Å². The highest BCUT2D eigenvalue weighted by Gasteiger charge is 2.20. The van der Waals surface area contributed by atoms with Crippen LogP contribution >= 0.6 is 23.2 Å². The molecule has 1 aliphatic rings. The summed E-state index contributed by atoms with van der Waals surface area (Å²) in [6, 6.07) is 11.9. The van der Waals surface area contributed by atoms with Crippen molar-refractivity contribution in [1.29, 1.82) is 0 Å². The summed E-state index contributed by atoms with van der Waals surface area (Å²) in [6.07, 6.45) is 0. The number of hydrogen-bond acceptors (Lipinski definition) is 2. The van der Waals surface area contributed by atoms with E-state index in [1.807, 2.05) is 36.4 Å². The van der Waals surface area contributed by atoms with Gasteiger partial charge in [-0.05, 0) is 0 Å². The lowest BCUT2D eigenvalue weighted by Crippen LogP contribution is -2.05. The van der Waals surface area contributed by atoms with Crippen LogP contribution in [0.1, 0.15) is 11.1 Å². The van der Waals surface area contributed by atoms with Gasteiger partial charge in [0.2, 0.25) is 6.79 Å². The summed E-state index contributed by atoms with van der Waals surface area (Å²) in [5, 5.41) is 0. The van der Waals surface area contributed by atoms with Gasteiger partial charge < -0.3 is 9.47 Å². The standard InChI is InChI=1S/C15H12Cl2O2/c16-7-10-3-1-5-12-13-6-2-4-11(8-17)15(13)19-9-18-14(10)12/h1-6H,7-9H2. The third-order valence-electron chi connectivity index (χ3n) is 3.18. The summed E-state index contributed by atoms with van der Waals surface area (Å²) in [5.41, 5.74) is 3.93. The van der Waals surface area contributed by atoms with E-state index in [0.29, 0.717) is 11.8 Å². The molecule has 0 aliphatic carbocycles. The molecule has 0 saturated carbocycles. The fourth-order valence-corrected chi connectivity index (χ4v) is 2.71. The fourth-order valence-electron chi connectivity index (χ4n) is 2.29. The molecule has 1 heterocycles. The minimum absolute atomic E-state index is 0.168. The topological polar surface area (TPSA) is 18.5 Å². The Bertz CT molecular complexity index is 558. The Balaban J connectivity index is 2.26. The average Bonchev–Trinajstić information content (AvgIpc) is 2.66. The van der Waals surface area contributed by atoms with Crippen LogP contribution in [0, 0.1) is 0 Å². The Morgan fingerprint density at radius 2 is 1.26 bits per heavy atom. The molecule has 2 aromatic carbocycles. The van der Waals surface area contributed by atoms with Gasteiger partial charge in [-0.15, -0.1) is 23.2 Å². The van der Waals surface area contributed by atoms with Gasteiger partial charge in [-0.3, -0.25) is 0 Å². The van der Waals surface area contributed by atoms with Crippen LogP contribution in [-0.4, -0.2) is 6.79 Å². The van der Waals surface area contributed by atoms with E-state index in [-0.39, 0.29) is 6.79 Å². The molecule has 0 unspecified atom stereocenters. The molecule has 0 fully saturated rings. The lowest BCUT2D eigenvalue weighted by Gasteiger charge is -2.11. The van der Waals surface area contributed by atoms with E-state index in [0.717, 1.165) is 33.8 Å². The number of para-hydroxylation sites is 2. The summed E-state index contributed by atoms with van der Waals surface area (Å²) in [5.74, 6) is 2.41. The van der Waals surface area contributed by atoms with Crippen LogP contribution in [0.5, 0.6) is 11.5 Å². The molecule has 2 aromatic rings. The van der Waals surface area contributed by atoms with Crippen LogP contribution in [0.25, 0.3) is 11.1 Å². The minimum atomic E-state index is 0.168. The van der Waals surface area contributed by atoms with Crippen LogP contribution in [0.3, 0.4) is 0 Å². The summed E-state index contributed by atoms with van der Waals surface area (Å²) in [6.45, 7) is 0.168. The van der Waals surface area contributed by atoms with E-state index >= 15 is 0 Å². The third-order valence-corrected chi connectivity index (χ3v) is 3.75. The van der Waals surface area contributed by atoms with E-state index < -0.39 is 0 Å². The first kappa shape index (κ1) is 12.6. The number of benzene rings is 2. The minimum Gasteiger partial charge on any atom is -0.457 e. The molecule has 0 saturated heterocycles. The van der Waals surface area contributed by atoms with Crippen molar-refractivity contribution in [3.05, 3.63) is 47.5 Å². The van der Waals surface area contributed by atoms with Gasteiger partial charge in [0.05, 0.1) is 11.8 Å². The Labute approximate surface area is 121 Å². The van der Waals surface area contributed by atoms with Gasteiger partial charge in [0.15, 0.2) is 0 Å². The average molecular weight is 295 g/mol. The number of rotatable bonds is 2. The zero-order valence-corrected chi connectivity index (χ0v) is 11.7. The lowest BCUT2D eigenvalue weighted by molar-refractivity contribution is 0.123. The molecule has 0 radical (unpaired) electrons. The molecule has 19 heavy (non-hydrogen) atoms. The van der Waals surface area contributed by atoms with Gasteiger partial charge in [-0.25, -0.2) is 0 Å². The van der Waals surface area contributed by atoms with Crippen molar-refractivity contribution in [3.63, 3.8) is 0 Å². The molecule has 98 valence electrons. The summed E-state index contributed by atoms with van der Waals surface area (Å²) >= 11 is 11.9. The van der Waals surface area contributed by atoms with Crippen LogP contribution in [-0.2, 0) is 11.8 Å². The van der Waals surface area contributed by atoms with Crippen molar-refractivity contribution in [2.75, 3.05) is 6.79 Å². The van der Waals surface area contributed by atoms with Gasteiger partial charge in [0, 0.05) is 22.3 Å². The maximum Gasteiger partial charge on any atom is 0.230 e. The molecule has 4 heteroatoms. The molecule has 0 spiro atoms. The van der Waals surface area contributed by atoms with Crippen LogP contribution in [0.15, 0.2) is 36.4 Å². The maximum atomic E-state index is 5.96. The van der Waals surface area contributed by atoms with Crippen molar-refractivity contribution in [2.24, 2.45) is 0 Å². The highest BCUT2D eigenvalue weighted by Crippen LogP contribution is 2.42. The highest BCUT2D eigenvalue weighted by molar-refractivity contribution is 6.17. The first-order chi connectivity index (χ1) is 9.35. The molecule has 2 nitrogen and oxygen atoms in total. The molecule has 0 aromatic heterocycles. The van der Waals surface area contributed by atoms with E-state index in [1.165, 1.54) is 0 Å². The van der Waals surface area contributed by atoms with Crippen LogP contribution < -0.4 is 9.47 Å². The lowest BCUT2D eigenvalue weighted by atomic mass is 9.99. The van der Waals surface area contributed by atoms with Gasteiger partial charge in [-0.1, -0.05) is 36.4 Å². The number of ether oxygens (including phenoxy) is 2. The Hall–Kier alpha value is -1.38. The fraction of sp³-hybridized carbons (Fsp3) is 0.200. The van der Waals surface area contributed by atoms with Gasteiger partial charge in [-0.2, -0.15) is 0 Å². The van der Waals surface area contributed by atoms with Crippen LogP contribution in [0.2, 0.25) is 0 Å². The predicted molar refractivity (Wildman–Crippen MR) is 77.1 cm³/mol. The predicted octanol–water partition coefficient (Wildman–Crippen LogP) is 4.56. The molecule has 0 N–H and O–H groups in total. The van der Waals surface area contributed by atoms with Gasteiger partial charge >= 0.3 is 0 Å². The molecule has 1 aliphatic heterocycles. The van der Waals surface area contributed by atoms with Crippen molar-refractivity contribution in [1.82, 2.24) is 0 Å². The number of halogens is 2. The van der Waals surface area contributed by atoms with Gasteiger partial charge in [0.25, 0.3) is 0 Å². The van der Waals surface area contributed by atoms with Crippen molar-refractivity contribution in [3.8, 4) is 22.6 Å². The molecule has 0 atom stereocenters. The first-order valence-electron chi connectivity index (χ1n) is 5.97. The zero-order valence-electron chi connectivity index (χ0n) is 10.2. The van der Waals surface area contributed by atoms with Crippen molar-refractivity contribution in [2.45, 2.75) is 11.8 Å². The second-order valence-corrected chi connectivity index (χ2v) is 4.80. The zero-order chi connectivity index (χ0) is 13.2. The van der Waals surface area contributed by atoms with E-state index in [2.05, 4.69) is 0 Å². The molecular formula is C15H12Cl2O2. The second kappa shape index (κ2) is 5.32. The number of alkyl halides is 2. The highest BCUT2D eigenvalue weighted by atomic mass is 35.5. The summed E-state index contributed by atoms with van der Waals surface area (Å²) in [7, 11) is 0. The number of hydrogen-bond donors (Lipinski definition) is 0. The van der Waals surface area contributed by atoms with Gasteiger partial charge in [0.1, 0.15) is 11.5 Å². The summed E-state index contributed by atoms with van der Waals surface area (Å²) in [4.78, 5) is 0. The normalized spacial score (nSPS) is 12.7. The van der Waals surface area contributed by atoms with E-state index in [9.17, 15) is 0 Å². The Morgan fingerprint density at radius 3 is 1.68 bits per heavy atom. The molecule has 3 rings (SSSR count). The first-order valence-corrected chi connectivity index (χ1v) is 7.03. The second-order valence-electron chi connectivity index (χ2n) is 4.26. The Kier molecular flexibility index (Phi) is 3.54. The third kappa shape index (κ3) is 2.15. The monoisotopic (exact) mass is 294 g/mol. The summed E-state index contributed by atoms with van der Waals surface area (Å²) < 4.78 is 11.4. The van der Waals surface area contributed by atoms with Crippen molar-refractivity contribution < 1.29 is 9.47 Å². The Morgan fingerprint density at radius 1 is 0.789 bits per heavy atom. The van der Waals surface area contributed by atoms with E-state index in [4.69, 9.17) is 32.7 Å². The molecular weight excluding hydrogens is 283 g/mol. The largest absolute Gasteiger partial charge is 0.457 e. The smallest absolute Gasteiger partial charge is 0.230 e. The number of fused-ring (bicyclic) bond motifs is 3. The van der Waals surface area contributed by atoms with Crippen molar-refractivity contribution >= 4 is 23.2 Å². The SMILES string of the molecule is ClCc1cccc2c1OCOc1c(CCl)cccc1-2. The maximum absolute atomic E-state index is 5.96. The quantitative estimate of drug-likeness (QED) is 0.756. The molecule has 0 amide bonds. The molecule has 0 bridgehead atoms. The van der Waals surface area contributed by atoms with Crippen LogP contribution in [0.4, 0.5) is 0 Å².